The van der Waals surface area contributed by atoms with E-state index in [2.05, 4.69) is 31.9 Å². The van der Waals surface area contributed by atoms with Gasteiger partial charge in [0, 0.05) is 15.1 Å². The van der Waals surface area contributed by atoms with Gasteiger partial charge >= 0.3 is 11.7 Å². The van der Waals surface area contributed by atoms with Crippen molar-refractivity contribution in [3.05, 3.63) is 59.7 Å². The highest BCUT2D eigenvalue weighted by atomic mass is 79.9. The molecule has 2 rings (SSSR count). The van der Waals surface area contributed by atoms with Crippen molar-refractivity contribution in [2.75, 3.05) is 0 Å². The molecule has 1 aromatic heterocycles. The molecule has 0 spiro atoms. The Balaban J connectivity index is 2.79. The van der Waals surface area contributed by atoms with Gasteiger partial charge in [0.15, 0.2) is 0 Å². The molecule has 1 aromatic carbocycles. The van der Waals surface area contributed by atoms with E-state index in [4.69, 9.17) is 5.11 Å². The normalized spacial score (nSPS) is 10.4. The Kier molecular flexibility index (Phi) is 3.72. The van der Waals surface area contributed by atoms with Gasteiger partial charge in [-0.05, 0) is 34.1 Å². The lowest BCUT2D eigenvalue weighted by atomic mass is 10.3. The Hall–Kier alpha value is -1.67. The maximum atomic E-state index is 11.8. The van der Waals surface area contributed by atoms with Gasteiger partial charge in [-0.15, -0.1) is 0 Å². The molecular weight excluding hydrogens is 384 g/mol. The Morgan fingerprint density at radius 3 is 2.58 bits per heavy atom. The van der Waals surface area contributed by atoms with Gasteiger partial charge in [0.05, 0.1) is 5.69 Å². The van der Waals surface area contributed by atoms with Crippen LogP contribution in [0, 0.1) is 0 Å². The number of carbonyl (C=O) groups is 1. The van der Waals surface area contributed by atoms with Crippen LogP contribution in [0.1, 0.15) is 10.4 Å². The van der Waals surface area contributed by atoms with E-state index >= 15 is 0 Å². The zero-order valence-electron chi connectivity index (χ0n) is 9.18. The highest BCUT2D eigenvalue weighted by Crippen LogP contribution is 2.23. The van der Waals surface area contributed by atoms with Crippen molar-refractivity contribution < 1.29 is 9.90 Å². The minimum absolute atomic E-state index is 0.415. The summed E-state index contributed by atoms with van der Waals surface area (Å²) < 4.78 is 2.35. The highest BCUT2D eigenvalue weighted by molar-refractivity contribution is 9.11. The quantitative estimate of drug-likeness (QED) is 0.818. The van der Waals surface area contributed by atoms with Crippen molar-refractivity contribution in [3.63, 3.8) is 0 Å². The first-order chi connectivity index (χ1) is 8.90. The van der Waals surface area contributed by atoms with E-state index < -0.39 is 22.8 Å². The molecule has 1 heterocycles. The SMILES string of the molecule is O=C(O)c1cn(-c2cc(Br)ccc2Br)c(=O)[nH]c1=O. The topological polar surface area (TPSA) is 92.2 Å². The smallest absolute Gasteiger partial charge is 0.342 e. The summed E-state index contributed by atoms with van der Waals surface area (Å²) in [6, 6.07) is 5.06. The Bertz CT molecular complexity index is 779. The molecule has 2 aromatic rings. The van der Waals surface area contributed by atoms with Crippen LogP contribution < -0.4 is 11.2 Å². The van der Waals surface area contributed by atoms with Crippen LogP contribution in [0.15, 0.2) is 42.9 Å². The minimum Gasteiger partial charge on any atom is -0.477 e. The maximum Gasteiger partial charge on any atom is 0.342 e. The van der Waals surface area contributed by atoms with Crippen molar-refractivity contribution >= 4 is 37.8 Å². The third-order valence-corrected chi connectivity index (χ3v) is 3.50. The first kappa shape index (κ1) is 13.8. The molecular formula is C11H6Br2N2O4. The monoisotopic (exact) mass is 388 g/mol. The lowest BCUT2D eigenvalue weighted by Crippen LogP contribution is -2.32. The van der Waals surface area contributed by atoms with Crippen LogP contribution >= 0.6 is 31.9 Å². The zero-order valence-corrected chi connectivity index (χ0v) is 12.4. The van der Waals surface area contributed by atoms with Gasteiger partial charge in [0.2, 0.25) is 0 Å². The largest absolute Gasteiger partial charge is 0.477 e. The number of aromatic nitrogens is 2. The van der Waals surface area contributed by atoms with Crippen molar-refractivity contribution in [1.82, 2.24) is 9.55 Å². The number of hydrogen-bond acceptors (Lipinski definition) is 3. The number of H-pyrrole nitrogens is 1. The van der Waals surface area contributed by atoms with Crippen LogP contribution in [0.25, 0.3) is 5.69 Å². The fourth-order valence-electron chi connectivity index (χ4n) is 1.47. The second-order valence-electron chi connectivity index (χ2n) is 3.57. The number of nitrogens with zero attached hydrogens (tertiary/aromatic N) is 1. The fraction of sp³-hybridized carbons (Fsp3) is 0. The summed E-state index contributed by atoms with van der Waals surface area (Å²) in [6.45, 7) is 0. The van der Waals surface area contributed by atoms with Crippen molar-refractivity contribution in [3.8, 4) is 5.69 Å². The van der Waals surface area contributed by atoms with Crippen molar-refractivity contribution in [2.24, 2.45) is 0 Å². The summed E-state index contributed by atoms with van der Waals surface area (Å²) in [5.74, 6) is -1.40. The average Bonchev–Trinajstić information content (AvgIpc) is 2.32. The first-order valence-electron chi connectivity index (χ1n) is 4.95. The molecule has 0 unspecified atom stereocenters. The third kappa shape index (κ3) is 2.69. The number of aromatic amines is 1. The minimum atomic E-state index is -1.40. The van der Waals surface area contributed by atoms with Crippen LogP contribution in [-0.4, -0.2) is 20.6 Å². The molecule has 6 nitrogen and oxygen atoms in total. The molecule has 0 atom stereocenters. The molecule has 0 fully saturated rings. The summed E-state index contributed by atoms with van der Waals surface area (Å²) in [4.78, 5) is 36.0. The average molecular weight is 390 g/mol. The molecule has 0 saturated heterocycles. The van der Waals surface area contributed by atoms with Crippen LogP contribution in [0.3, 0.4) is 0 Å². The van der Waals surface area contributed by atoms with E-state index in [1.165, 1.54) is 0 Å². The molecule has 0 aliphatic carbocycles. The van der Waals surface area contributed by atoms with E-state index in [-0.39, 0.29) is 0 Å². The van der Waals surface area contributed by atoms with Crippen LogP contribution in [-0.2, 0) is 0 Å². The van der Waals surface area contributed by atoms with Gasteiger partial charge in [-0.1, -0.05) is 15.9 Å². The number of nitrogens with one attached hydrogen (secondary N) is 1. The number of rotatable bonds is 2. The highest BCUT2D eigenvalue weighted by Gasteiger charge is 2.13. The van der Waals surface area contributed by atoms with Crippen LogP contribution in [0.4, 0.5) is 0 Å². The molecule has 0 aliphatic rings. The van der Waals surface area contributed by atoms with E-state index in [9.17, 15) is 14.4 Å². The molecule has 8 heteroatoms. The molecule has 98 valence electrons. The summed E-state index contributed by atoms with van der Waals surface area (Å²) >= 11 is 6.52. The summed E-state index contributed by atoms with van der Waals surface area (Å²) in [5, 5.41) is 8.90. The second kappa shape index (κ2) is 5.14. The molecule has 19 heavy (non-hydrogen) atoms. The number of benzene rings is 1. The van der Waals surface area contributed by atoms with E-state index in [0.29, 0.717) is 14.6 Å². The van der Waals surface area contributed by atoms with Crippen LogP contribution in [0.2, 0.25) is 0 Å². The Morgan fingerprint density at radius 1 is 1.26 bits per heavy atom. The third-order valence-electron chi connectivity index (χ3n) is 2.34. The number of hydrogen-bond donors (Lipinski definition) is 2. The predicted octanol–water partition coefficient (Wildman–Crippen LogP) is 1.75. The molecule has 0 aliphatic heterocycles. The second-order valence-corrected chi connectivity index (χ2v) is 5.34. The maximum absolute atomic E-state index is 11.8. The zero-order chi connectivity index (χ0) is 14.2. The fourth-order valence-corrected chi connectivity index (χ4v) is 2.26. The molecule has 0 radical (unpaired) electrons. The molecule has 0 bridgehead atoms. The van der Waals surface area contributed by atoms with E-state index in [1.807, 2.05) is 4.98 Å². The van der Waals surface area contributed by atoms with Crippen molar-refractivity contribution in [2.45, 2.75) is 0 Å². The molecule has 0 amide bonds. The van der Waals surface area contributed by atoms with Gasteiger partial charge in [0.25, 0.3) is 5.56 Å². The lowest BCUT2D eigenvalue weighted by Gasteiger charge is -2.08. The van der Waals surface area contributed by atoms with E-state index in [0.717, 1.165) is 10.8 Å². The molecule has 2 N–H and O–H groups in total. The number of carboxylic acid groups (broad SMARTS) is 1. The van der Waals surface area contributed by atoms with Gasteiger partial charge in [-0.2, -0.15) is 0 Å². The van der Waals surface area contributed by atoms with E-state index in [1.54, 1.807) is 18.2 Å². The predicted molar refractivity (Wildman–Crippen MR) is 75.0 cm³/mol. The number of aromatic carboxylic acids is 1. The summed E-state index contributed by atoms with van der Waals surface area (Å²) in [7, 11) is 0. The summed E-state index contributed by atoms with van der Waals surface area (Å²) in [5.41, 5.74) is -1.74. The first-order valence-corrected chi connectivity index (χ1v) is 6.53. The Labute approximate surface area is 123 Å². The Morgan fingerprint density at radius 2 is 1.95 bits per heavy atom. The van der Waals surface area contributed by atoms with Gasteiger partial charge < -0.3 is 5.11 Å². The molecule has 0 saturated carbocycles. The van der Waals surface area contributed by atoms with Crippen molar-refractivity contribution in [1.29, 1.82) is 0 Å². The number of halogens is 2. The summed E-state index contributed by atoms with van der Waals surface area (Å²) in [6.07, 6.45) is 0.996. The standard InChI is InChI=1S/C11H6Br2N2O4/c12-5-1-2-7(13)8(3-5)15-4-6(10(17)18)9(16)14-11(15)19/h1-4H,(H,17,18)(H,14,16,19). The number of carboxylic acids is 1. The van der Waals surface area contributed by atoms with Gasteiger partial charge in [-0.25, -0.2) is 9.59 Å². The lowest BCUT2D eigenvalue weighted by molar-refractivity contribution is 0.0694. The van der Waals surface area contributed by atoms with Gasteiger partial charge in [-0.3, -0.25) is 14.3 Å². The van der Waals surface area contributed by atoms with Gasteiger partial charge in [0.1, 0.15) is 5.56 Å². The van der Waals surface area contributed by atoms with Crippen LogP contribution in [0.5, 0.6) is 0 Å².